The van der Waals surface area contributed by atoms with E-state index in [2.05, 4.69) is 0 Å². The van der Waals surface area contributed by atoms with Crippen molar-refractivity contribution in [2.75, 3.05) is 12.8 Å². The molecule has 0 amide bonds. The Morgan fingerprint density at radius 1 is 1.17 bits per heavy atom. The van der Waals surface area contributed by atoms with Crippen LogP contribution in [0, 0.1) is 17.1 Å². The number of methoxy groups -OCH3 is 1. The number of hydrogen-bond donors (Lipinski definition) is 1. The summed E-state index contributed by atoms with van der Waals surface area (Å²) >= 11 is 0. The molecule has 2 aromatic carbocycles. The molecule has 90 valence electrons. The normalized spacial score (nSPS) is 9.83. The second kappa shape index (κ2) is 4.76. The average Bonchev–Trinajstić information content (AvgIpc) is 2.38. The highest BCUT2D eigenvalue weighted by Crippen LogP contribution is 2.33. The van der Waals surface area contributed by atoms with Gasteiger partial charge in [0.2, 0.25) is 0 Å². The third-order valence-electron chi connectivity index (χ3n) is 2.61. The van der Waals surface area contributed by atoms with E-state index >= 15 is 0 Å². The third kappa shape index (κ3) is 2.11. The molecule has 0 aliphatic carbocycles. The first-order chi connectivity index (χ1) is 8.65. The fourth-order valence-corrected chi connectivity index (χ4v) is 1.74. The molecule has 0 aliphatic rings. The first-order valence-corrected chi connectivity index (χ1v) is 5.29. The summed E-state index contributed by atoms with van der Waals surface area (Å²) < 4.78 is 19.0. The van der Waals surface area contributed by atoms with Crippen LogP contribution in [0.3, 0.4) is 0 Å². The number of benzene rings is 2. The quantitative estimate of drug-likeness (QED) is 0.823. The summed E-state index contributed by atoms with van der Waals surface area (Å²) in [6, 6.07) is 11.3. The summed E-state index contributed by atoms with van der Waals surface area (Å²) in [6.07, 6.45) is 0. The molecule has 0 saturated carbocycles. The molecule has 0 bridgehead atoms. The van der Waals surface area contributed by atoms with Gasteiger partial charge in [0, 0.05) is 16.8 Å². The van der Waals surface area contributed by atoms with Gasteiger partial charge in [-0.2, -0.15) is 5.26 Å². The predicted octanol–water partition coefficient (Wildman–Crippen LogP) is 2.96. The molecule has 0 atom stereocenters. The lowest BCUT2D eigenvalue weighted by Gasteiger charge is -2.10. The minimum absolute atomic E-state index is 0.353. The molecule has 0 saturated heterocycles. The fraction of sp³-hybridized carbons (Fsp3) is 0.0714. The van der Waals surface area contributed by atoms with E-state index in [1.165, 1.54) is 13.2 Å². The van der Waals surface area contributed by atoms with E-state index in [9.17, 15) is 4.39 Å². The van der Waals surface area contributed by atoms with Crippen molar-refractivity contribution in [1.82, 2.24) is 0 Å². The standard InChI is InChI=1S/C14H11FN2O/c1-18-14-5-2-9(8-16)6-12(14)11-4-3-10(17)7-13(11)15/h2-7H,17H2,1H3. The van der Waals surface area contributed by atoms with Gasteiger partial charge in [-0.05, 0) is 36.4 Å². The third-order valence-corrected chi connectivity index (χ3v) is 2.61. The van der Waals surface area contributed by atoms with Crippen molar-refractivity contribution in [2.24, 2.45) is 0 Å². The minimum atomic E-state index is -0.441. The molecule has 18 heavy (non-hydrogen) atoms. The number of ether oxygens (including phenoxy) is 1. The number of rotatable bonds is 2. The van der Waals surface area contributed by atoms with E-state index < -0.39 is 5.82 Å². The summed E-state index contributed by atoms with van der Waals surface area (Å²) in [5, 5.41) is 8.88. The van der Waals surface area contributed by atoms with Crippen LogP contribution < -0.4 is 10.5 Å². The van der Waals surface area contributed by atoms with Crippen LogP contribution in [-0.2, 0) is 0 Å². The van der Waals surface area contributed by atoms with E-state index in [1.807, 2.05) is 6.07 Å². The number of halogens is 1. The van der Waals surface area contributed by atoms with Crippen molar-refractivity contribution < 1.29 is 9.13 Å². The molecule has 2 aromatic rings. The zero-order valence-corrected chi connectivity index (χ0v) is 9.77. The maximum absolute atomic E-state index is 13.9. The number of nitriles is 1. The molecular weight excluding hydrogens is 231 g/mol. The summed E-state index contributed by atoms with van der Waals surface area (Å²) in [7, 11) is 1.50. The van der Waals surface area contributed by atoms with Crippen molar-refractivity contribution in [3.05, 3.63) is 47.8 Å². The van der Waals surface area contributed by atoms with Crippen LogP contribution in [0.5, 0.6) is 5.75 Å². The molecule has 0 unspecified atom stereocenters. The van der Waals surface area contributed by atoms with Crippen molar-refractivity contribution in [2.45, 2.75) is 0 Å². The number of hydrogen-bond acceptors (Lipinski definition) is 3. The first kappa shape index (κ1) is 11.9. The molecule has 0 heterocycles. The van der Waals surface area contributed by atoms with Gasteiger partial charge in [-0.3, -0.25) is 0 Å². The molecule has 0 spiro atoms. The van der Waals surface area contributed by atoms with E-state index in [4.69, 9.17) is 15.7 Å². The summed E-state index contributed by atoms with van der Waals surface area (Å²) in [4.78, 5) is 0. The molecule has 2 N–H and O–H groups in total. The highest BCUT2D eigenvalue weighted by atomic mass is 19.1. The van der Waals surface area contributed by atoms with E-state index in [0.717, 1.165) is 0 Å². The molecule has 2 rings (SSSR count). The first-order valence-electron chi connectivity index (χ1n) is 5.29. The summed E-state index contributed by atoms with van der Waals surface area (Å²) in [6.45, 7) is 0. The van der Waals surface area contributed by atoms with Crippen LogP contribution in [-0.4, -0.2) is 7.11 Å². The Bertz CT molecular complexity index is 632. The average molecular weight is 242 g/mol. The largest absolute Gasteiger partial charge is 0.496 e. The molecular formula is C14H11FN2O. The van der Waals surface area contributed by atoms with Crippen molar-refractivity contribution in [1.29, 1.82) is 5.26 Å². The second-order valence-electron chi connectivity index (χ2n) is 3.77. The van der Waals surface area contributed by atoms with E-state index in [1.54, 1.807) is 30.3 Å². The number of nitrogens with two attached hydrogens (primary N) is 1. The monoisotopic (exact) mass is 242 g/mol. The second-order valence-corrected chi connectivity index (χ2v) is 3.77. The van der Waals surface area contributed by atoms with Crippen molar-refractivity contribution >= 4 is 5.69 Å². The maximum Gasteiger partial charge on any atom is 0.133 e. The van der Waals surface area contributed by atoms with Gasteiger partial charge in [0.25, 0.3) is 0 Å². The Balaban J connectivity index is 2.65. The number of nitrogen functional groups attached to an aromatic ring is 1. The van der Waals surface area contributed by atoms with Crippen LogP contribution in [0.4, 0.5) is 10.1 Å². The highest BCUT2D eigenvalue weighted by Gasteiger charge is 2.11. The van der Waals surface area contributed by atoms with Gasteiger partial charge in [-0.1, -0.05) is 0 Å². The predicted molar refractivity (Wildman–Crippen MR) is 67.5 cm³/mol. The van der Waals surface area contributed by atoms with Crippen LogP contribution >= 0.6 is 0 Å². The Hall–Kier alpha value is -2.54. The fourth-order valence-electron chi connectivity index (χ4n) is 1.74. The molecule has 3 nitrogen and oxygen atoms in total. The van der Waals surface area contributed by atoms with Gasteiger partial charge >= 0.3 is 0 Å². The summed E-state index contributed by atoms with van der Waals surface area (Å²) in [5.41, 5.74) is 7.20. The zero-order valence-electron chi connectivity index (χ0n) is 9.77. The molecule has 0 aromatic heterocycles. The zero-order chi connectivity index (χ0) is 13.1. The molecule has 0 radical (unpaired) electrons. The van der Waals surface area contributed by atoms with Gasteiger partial charge in [-0.15, -0.1) is 0 Å². The lowest BCUT2D eigenvalue weighted by molar-refractivity contribution is 0.416. The van der Waals surface area contributed by atoms with Crippen LogP contribution in [0.15, 0.2) is 36.4 Å². The lowest BCUT2D eigenvalue weighted by Crippen LogP contribution is -1.93. The Kier molecular flexibility index (Phi) is 3.16. The molecule has 0 fully saturated rings. The Labute approximate surface area is 104 Å². The SMILES string of the molecule is COc1ccc(C#N)cc1-c1ccc(N)cc1F. The molecule has 0 aliphatic heterocycles. The topological polar surface area (TPSA) is 59.0 Å². The van der Waals surface area contributed by atoms with Crippen LogP contribution in [0.1, 0.15) is 5.56 Å². The van der Waals surface area contributed by atoms with Crippen molar-refractivity contribution in [3.8, 4) is 22.9 Å². The minimum Gasteiger partial charge on any atom is -0.496 e. The summed E-state index contributed by atoms with van der Waals surface area (Å²) in [5.74, 6) is 0.0704. The highest BCUT2D eigenvalue weighted by molar-refractivity contribution is 5.73. The Morgan fingerprint density at radius 2 is 1.94 bits per heavy atom. The lowest BCUT2D eigenvalue weighted by atomic mass is 10.0. The van der Waals surface area contributed by atoms with Gasteiger partial charge in [-0.25, -0.2) is 4.39 Å². The van der Waals surface area contributed by atoms with E-state index in [-0.39, 0.29) is 0 Å². The Morgan fingerprint density at radius 3 is 2.56 bits per heavy atom. The number of nitrogens with zero attached hydrogens (tertiary/aromatic N) is 1. The van der Waals surface area contributed by atoms with Crippen LogP contribution in [0.2, 0.25) is 0 Å². The van der Waals surface area contributed by atoms with Crippen molar-refractivity contribution in [3.63, 3.8) is 0 Å². The maximum atomic E-state index is 13.9. The van der Waals surface area contributed by atoms with Crippen LogP contribution in [0.25, 0.3) is 11.1 Å². The van der Waals surface area contributed by atoms with Gasteiger partial charge in [0.1, 0.15) is 11.6 Å². The van der Waals surface area contributed by atoms with E-state index in [0.29, 0.717) is 28.1 Å². The smallest absolute Gasteiger partial charge is 0.133 e. The van der Waals surface area contributed by atoms with Gasteiger partial charge in [0.15, 0.2) is 0 Å². The van der Waals surface area contributed by atoms with Gasteiger partial charge in [0.05, 0.1) is 18.7 Å². The molecule has 4 heteroatoms. The number of anilines is 1. The van der Waals surface area contributed by atoms with Gasteiger partial charge < -0.3 is 10.5 Å².